The van der Waals surface area contributed by atoms with Crippen LogP contribution in [-0.4, -0.2) is 49.2 Å². The van der Waals surface area contributed by atoms with Gasteiger partial charge in [0.2, 0.25) is 5.91 Å². The monoisotopic (exact) mass is 355 g/mol. The van der Waals surface area contributed by atoms with E-state index in [4.69, 9.17) is 9.72 Å². The van der Waals surface area contributed by atoms with Crippen molar-refractivity contribution in [2.24, 2.45) is 0 Å². The Labute approximate surface area is 154 Å². The smallest absolute Gasteiger partial charge is 0.243 e. The van der Waals surface area contributed by atoms with E-state index in [-0.39, 0.29) is 5.91 Å². The van der Waals surface area contributed by atoms with Gasteiger partial charge in [-0.05, 0) is 32.4 Å². The number of amides is 1. The standard InChI is InChI=1S/C19H25N5O2/c1-4-24(5-2)18-17(22-15-9-6-7-10-16(15)23-18)14(13-20)19(25)21-11-8-12-26-3/h6-7,9-10,14H,4-5,8,11-12H2,1-3H3,(H,21,25)/t14-/m0/s1. The lowest BCUT2D eigenvalue weighted by molar-refractivity contribution is -0.121. The first-order valence-electron chi connectivity index (χ1n) is 8.84. The lowest BCUT2D eigenvalue weighted by Gasteiger charge is -2.24. The summed E-state index contributed by atoms with van der Waals surface area (Å²) in [5, 5.41) is 12.4. The van der Waals surface area contributed by atoms with Crippen molar-refractivity contribution in [1.82, 2.24) is 15.3 Å². The Kier molecular flexibility index (Phi) is 7.30. The number of nitrogens with zero attached hydrogens (tertiary/aromatic N) is 4. The molecular weight excluding hydrogens is 330 g/mol. The second kappa shape index (κ2) is 9.68. The van der Waals surface area contributed by atoms with Gasteiger partial charge < -0.3 is 15.0 Å². The van der Waals surface area contributed by atoms with Crippen LogP contribution < -0.4 is 10.2 Å². The molecule has 0 radical (unpaired) electrons. The average Bonchev–Trinajstić information content (AvgIpc) is 2.67. The molecule has 0 fully saturated rings. The van der Waals surface area contributed by atoms with Gasteiger partial charge in [-0.25, -0.2) is 9.97 Å². The van der Waals surface area contributed by atoms with Gasteiger partial charge >= 0.3 is 0 Å². The quantitative estimate of drug-likeness (QED) is 0.694. The largest absolute Gasteiger partial charge is 0.385 e. The average molecular weight is 355 g/mol. The van der Waals surface area contributed by atoms with Crippen LogP contribution in [0.2, 0.25) is 0 Å². The third-order valence-electron chi connectivity index (χ3n) is 4.13. The first kappa shape index (κ1) is 19.6. The highest BCUT2D eigenvalue weighted by molar-refractivity contribution is 5.88. The van der Waals surface area contributed by atoms with Gasteiger partial charge in [-0.2, -0.15) is 5.26 Å². The first-order chi connectivity index (χ1) is 12.7. The minimum absolute atomic E-state index is 0.360. The number of anilines is 1. The number of hydrogen-bond acceptors (Lipinski definition) is 6. The zero-order valence-electron chi connectivity index (χ0n) is 15.5. The number of benzene rings is 1. The first-order valence-corrected chi connectivity index (χ1v) is 8.84. The molecule has 26 heavy (non-hydrogen) atoms. The molecule has 0 aliphatic carbocycles. The molecule has 2 rings (SSSR count). The molecule has 1 aromatic carbocycles. The SMILES string of the molecule is CCN(CC)c1nc2ccccc2nc1[C@H](C#N)C(=O)NCCCOC. The number of hydrogen-bond donors (Lipinski definition) is 1. The number of aromatic nitrogens is 2. The Hall–Kier alpha value is -2.72. The van der Waals surface area contributed by atoms with Crippen molar-refractivity contribution < 1.29 is 9.53 Å². The minimum Gasteiger partial charge on any atom is -0.385 e. The molecule has 7 heteroatoms. The van der Waals surface area contributed by atoms with Crippen molar-refractivity contribution in [3.05, 3.63) is 30.0 Å². The maximum Gasteiger partial charge on any atom is 0.243 e. The summed E-state index contributed by atoms with van der Waals surface area (Å²) in [6.45, 7) is 6.45. The molecule has 138 valence electrons. The van der Waals surface area contributed by atoms with E-state index in [9.17, 15) is 10.1 Å². The topological polar surface area (TPSA) is 91.1 Å². The molecular formula is C19H25N5O2. The van der Waals surface area contributed by atoms with Crippen LogP contribution in [0.15, 0.2) is 24.3 Å². The van der Waals surface area contributed by atoms with Gasteiger partial charge in [0.25, 0.3) is 0 Å². The van der Waals surface area contributed by atoms with Crippen LogP contribution in [0.4, 0.5) is 5.82 Å². The van der Waals surface area contributed by atoms with E-state index in [1.807, 2.05) is 43.0 Å². The molecule has 0 aliphatic heterocycles. The lowest BCUT2D eigenvalue weighted by Crippen LogP contribution is -2.33. The fourth-order valence-corrected chi connectivity index (χ4v) is 2.73. The van der Waals surface area contributed by atoms with Gasteiger partial charge in [0.1, 0.15) is 5.69 Å². The second-order valence-corrected chi connectivity index (χ2v) is 5.79. The predicted molar refractivity (Wildman–Crippen MR) is 101 cm³/mol. The molecule has 0 bridgehead atoms. The zero-order chi connectivity index (χ0) is 18.9. The van der Waals surface area contributed by atoms with E-state index in [2.05, 4.69) is 16.4 Å². The highest BCUT2D eigenvalue weighted by Gasteiger charge is 2.27. The summed E-state index contributed by atoms with van der Waals surface area (Å²) in [6.07, 6.45) is 0.687. The summed E-state index contributed by atoms with van der Waals surface area (Å²) in [5.74, 6) is -0.779. The summed E-state index contributed by atoms with van der Waals surface area (Å²) in [4.78, 5) is 23.9. The molecule has 1 heterocycles. The maximum atomic E-state index is 12.6. The highest BCUT2D eigenvalue weighted by atomic mass is 16.5. The molecule has 1 N–H and O–H groups in total. The normalized spacial score (nSPS) is 11.8. The van der Waals surface area contributed by atoms with Crippen molar-refractivity contribution in [2.45, 2.75) is 26.2 Å². The number of methoxy groups -OCH3 is 1. The maximum absolute atomic E-state index is 12.6. The van der Waals surface area contributed by atoms with E-state index >= 15 is 0 Å². The Morgan fingerprint density at radius 3 is 2.50 bits per heavy atom. The third kappa shape index (κ3) is 4.46. The fourth-order valence-electron chi connectivity index (χ4n) is 2.73. The number of nitrogens with one attached hydrogen (secondary N) is 1. The number of carbonyl (C=O) groups is 1. The van der Waals surface area contributed by atoms with Crippen LogP contribution in [0.1, 0.15) is 31.9 Å². The van der Waals surface area contributed by atoms with Crippen LogP contribution in [0.25, 0.3) is 11.0 Å². The molecule has 7 nitrogen and oxygen atoms in total. The molecule has 2 aromatic rings. The number of nitriles is 1. The van der Waals surface area contributed by atoms with Crippen LogP contribution in [0.5, 0.6) is 0 Å². The van der Waals surface area contributed by atoms with Gasteiger partial charge in [-0.3, -0.25) is 4.79 Å². The van der Waals surface area contributed by atoms with Gasteiger partial charge in [0, 0.05) is 33.4 Å². The second-order valence-electron chi connectivity index (χ2n) is 5.79. The summed E-state index contributed by atoms with van der Waals surface area (Å²) in [6, 6.07) is 9.57. The Morgan fingerprint density at radius 2 is 1.92 bits per heavy atom. The molecule has 0 spiro atoms. The Morgan fingerprint density at radius 1 is 1.27 bits per heavy atom. The summed E-state index contributed by atoms with van der Waals surface area (Å²) >= 11 is 0. The summed E-state index contributed by atoms with van der Waals surface area (Å²) in [5.41, 5.74) is 1.82. The van der Waals surface area contributed by atoms with E-state index < -0.39 is 5.92 Å². The van der Waals surface area contributed by atoms with Gasteiger partial charge in [0.05, 0.1) is 17.1 Å². The zero-order valence-corrected chi connectivity index (χ0v) is 15.5. The van der Waals surface area contributed by atoms with Crippen molar-refractivity contribution >= 4 is 22.8 Å². The van der Waals surface area contributed by atoms with Gasteiger partial charge in [0.15, 0.2) is 11.7 Å². The minimum atomic E-state index is -1.01. The van der Waals surface area contributed by atoms with Crippen molar-refractivity contribution in [3.8, 4) is 6.07 Å². The molecule has 0 saturated carbocycles. The van der Waals surface area contributed by atoms with Crippen LogP contribution in [-0.2, 0) is 9.53 Å². The summed E-state index contributed by atoms with van der Waals surface area (Å²) in [7, 11) is 1.61. The highest BCUT2D eigenvalue weighted by Crippen LogP contribution is 2.27. The van der Waals surface area contributed by atoms with Gasteiger partial charge in [-0.1, -0.05) is 12.1 Å². The number of para-hydroxylation sites is 2. The van der Waals surface area contributed by atoms with Crippen molar-refractivity contribution in [2.75, 3.05) is 38.3 Å². The number of fused-ring (bicyclic) bond motifs is 1. The number of ether oxygens (including phenoxy) is 1. The van der Waals surface area contributed by atoms with Gasteiger partial charge in [-0.15, -0.1) is 0 Å². The third-order valence-corrected chi connectivity index (χ3v) is 4.13. The van der Waals surface area contributed by atoms with Crippen molar-refractivity contribution in [1.29, 1.82) is 5.26 Å². The Balaban J connectivity index is 2.41. The van der Waals surface area contributed by atoms with E-state index in [1.54, 1.807) is 7.11 Å². The number of carbonyl (C=O) groups excluding carboxylic acids is 1. The van der Waals surface area contributed by atoms with E-state index in [0.29, 0.717) is 49.7 Å². The fraction of sp³-hybridized carbons (Fsp3) is 0.474. The van der Waals surface area contributed by atoms with Crippen LogP contribution >= 0.6 is 0 Å². The molecule has 1 aromatic heterocycles. The Bertz CT molecular complexity index is 783. The molecule has 1 atom stereocenters. The van der Waals surface area contributed by atoms with Crippen molar-refractivity contribution in [3.63, 3.8) is 0 Å². The number of rotatable bonds is 9. The lowest BCUT2D eigenvalue weighted by atomic mass is 10.0. The molecule has 0 saturated heterocycles. The molecule has 0 unspecified atom stereocenters. The van der Waals surface area contributed by atoms with E-state index in [0.717, 1.165) is 5.52 Å². The van der Waals surface area contributed by atoms with Crippen LogP contribution in [0, 0.1) is 11.3 Å². The van der Waals surface area contributed by atoms with Crippen LogP contribution in [0.3, 0.4) is 0 Å². The van der Waals surface area contributed by atoms with E-state index in [1.165, 1.54) is 0 Å². The molecule has 0 aliphatic rings. The summed E-state index contributed by atoms with van der Waals surface area (Å²) < 4.78 is 4.98. The molecule has 1 amide bonds. The predicted octanol–water partition coefficient (Wildman–Crippen LogP) is 2.24.